The lowest BCUT2D eigenvalue weighted by molar-refractivity contribution is -0.0126. The molecule has 1 heterocycles. The highest BCUT2D eigenvalue weighted by Gasteiger charge is 2.49. The topological polar surface area (TPSA) is 21.3 Å². The maximum Gasteiger partial charge on any atom is 0.119 e. The standard InChI is InChI=1S/C9H17NO.ClH/c1-8(2)6-11-9(3,10-8)7-4-5-7;/h7,10H,4-6H2,1-3H3;1H. The smallest absolute Gasteiger partial charge is 0.119 e. The van der Waals surface area contributed by atoms with Gasteiger partial charge in [0.15, 0.2) is 0 Å². The van der Waals surface area contributed by atoms with Gasteiger partial charge in [0.2, 0.25) is 0 Å². The van der Waals surface area contributed by atoms with Crippen molar-refractivity contribution in [2.75, 3.05) is 6.61 Å². The maximum absolute atomic E-state index is 5.77. The number of hydrogen-bond acceptors (Lipinski definition) is 2. The molecule has 1 aliphatic heterocycles. The van der Waals surface area contributed by atoms with E-state index in [4.69, 9.17) is 4.74 Å². The van der Waals surface area contributed by atoms with Gasteiger partial charge < -0.3 is 4.74 Å². The van der Waals surface area contributed by atoms with Crippen molar-refractivity contribution in [2.45, 2.75) is 44.9 Å². The molecule has 2 fully saturated rings. The van der Waals surface area contributed by atoms with Crippen LogP contribution in [0, 0.1) is 5.92 Å². The van der Waals surface area contributed by atoms with Gasteiger partial charge in [-0.05, 0) is 33.6 Å². The maximum atomic E-state index is 5.77. The molecule has 2 rings (SSSR count). The fourth-order valence-corrected chi connectivity index (χ4v) is 1.93. The summed E-state index contributed by atoms with van der Waals surface area (Å²) in [5.41, 5.74) is 0.167. The molecule has 0 spiro atoms. The molecule has 1 unspecified atom stereocenters. The van der Waals surface area contributed by atoms with Crippen LogP contribution in [0.5, 0.6) is 0 Å². The lowest BCUT2D eigenvalue weighted by Gasteiger charge is -2.26. The zero-order valence-electron chi connectivity index (χ0n) is 8.02. The SMILES string of the molecule is CC1(C)COC(C)(C2CC2)N1.Cl. The molecule has 1 N–H and O–H groups in total. The van der Waals surface area contributed by atoms with Gasteiger partial charge in [0, 0.05) is 11.5 Å². The van der Waals surface area contributed by atoms with Crippen LogP contribution in [0.25, 0.3) is 0 Å². The molecule has 2 aliphatic rings. The van der Waals surface area contributed by atoms with Gasteiger partial charge in [-0.1, -0.05) is 0 Å². The van der Waals surface area contributed by atoms with Crippen molar-refractivity contribution in [3.63, 3.8) is 0 Å². The Bertz CT molecular complexity index is 179. The predicted octanol–water partition coefficient (Wildman–Crippen LogP) is 1.93. The third-order valence-electron chi connectivity index (χ3n) is 2.68. The summed E-state index contributed by atoms with van der Waals surface area (Å²) in [6, 6.07) is 0. The molecule has 0 aromatic rings. The van der Waals surface area contributed by atoms with Crippen LogP contribution in [0.3, 0.4) is 0 Å². The van der Waals surface area contributed by atoms with Gasteiger partial charge >= 0.3 is 0 Å². The van der Waals surface area contributed by atoms with E-state index < -0.39 is 0 Å². The summed E-state index contributed by atoms with van der Waals surface area (Å²) in [6.45, 7) is 7.42. The van der Waals surface area contributed by atoms with Crippen LogP contribution in [0.1, 0.15) is 33.6 Å². The summed E-state index contributed by atoms with van der Waals surface area (Å²) in [7, 11) is 0. The average Bonchev–Trinajstić information content (AvgIpc) is 2.61. The van der Waals surface area contributed by atoms with Crippen molar-refractivity contribution in [3.8, 4) is 0 Å². The van der Waals surface area contributed by atoms with Gasteiger partial charge in [-0.3, -0.25) is 5.32 Å². The van der Waals surface area contributed by atoms with E-state index in [9.17, 15) is 0 Å². The van der Waals surface area contributed by atoms with Crippen LogP contribution in [-0.2, 0) is 4.74 Å². The van der Waals surface area contributed by atoms with Gasteiger partial charge in [-0.15, -0.1) is 12.4 Å². The Labute approximate surface area is 80.5 Å². The summed E-state index contributed by atoms with van der Waals surface area (Å²) in [6.07, 6.45) is 2.67. The second-order valence-corrected chi connectivity index (χ2v) is 4.68. The summed E-state index contributed by atoms with van der Waals surface area (Å²) in [5.74, 6) is 0.768. The summed E-state index contributed by atoms with van der Waals surface area (Å²) in [4.78, 5) is 0. The van der Waals surface area contributed by atoms with E-state index in [0.29, 0.717) is 0 Å². The lowest BCUT2D eigenvalue weighted by atomic mass is 10.1. The van der Waals surface area contributed by atoms with E-state index in [-0.39, 0.29) is 23.7 Å². The molecule has 1 saturated carbocycles. The molecular formula is C9H18ClNO. The number of hydrogen-bond donors (Lipinski definition) is 1. The first kappa shape index (κ1) is 10.3. The molecule has 1 atom stereocenters. The van der Waals surface area contributed by atoms with Crippen molar-refractivity contribution in [1.82, 2.24) is 5.32 Å². The fraction of sp³-hybridized carbons (Fsp3) is 1.00. The lowest BCUT2D eigenvalue weighted by Crippen LogP contribution is -2.47. The zero-order chi connectivity index (χ0) is 8.11. The number of halogens is 1. The van der Waals surface area contributed by atoms with Gasteiger partial charge in [-0.25, -0.2) is 0 Å². The molecular weight excluding hydrogens is 174 g/mol. The Hall–Kier alpha value is 0.210. The van der Waals surface area contributed by atoms with E-state index in [2.05, 4.69) is 26.1 Å². The van der Waals surface area contributed by atoms with Gasteiger partial charge in [-0.2, -0.15) is 0 Å². The molecule has 0 radical (unpaired) electrons. The molecule has 0 aromatic heterocycles. The summed E-state index contributed by atoms with van der Waals surface area (Å²) >= 11 is 0. The van der Waals surface area contributed by atoms with Crippen molar-refractivity contribution < 1.29 is 4.74 Å². The molecule has 0 amide bonds. The Morgan fingerprint density at radius 1 is 1.25 bits per heavy atom. The molecule has 1 aliphatic carbocycles. The van der Waals surface area contributed by atoms with Crippen LogP contribution in [0.2, 0.25) is 0 Å². The normalized spacial score (nSPS) is 39.2. The van der Waals surface area contributed by atoms with Crippen LogP contribution >= 0.6 is 12.4 Å². The Kier molecular flexibility index (Phi) is 2.45. The minimum Gasteiger partial charge on any atom is -0.359 e. The molecule has 72 valence electrons. The average molecular weight is 192 g/mol. The number of nitrogens with one attached hydrogen (secondary N) is 1. The minimum atomic E-state index is -0.0104. The Morgan fingerprint density at radius 3 is 2.17 bits per heavy atom. The monoisotopic (exact) mass is 191 g/mol. The van der Waals surface area contributed by atoms with Gasteiger partial charge in [0.05, 0.1) is 6.61 Å². The molecule has 3 heteroatoms. The van der Waals surface area contributed by atoms with Crippen molar-refractivity contribution in [2.24, 2.45) is 5.92 Å². The molecule has 12 heavy (non-hydrogen) atoms. The zero-order valence-corrected chi connectivity index (χ0v) is 8.83. The van der Waals surface area contributed by atoms with Crippen LogP contribution in [-0.4, -0.2) is 17.9 Å². The quantitative estimate of drug-likeness (QED) is 0.684. The van der Waals surface area contributed by atoms with Crippen molar-refractivity contribution in [3.05, 3.63) is 0 Å². The Morgan fingerprint density at radius 2 is 1.83 bits per heavy atom. The van der Waals surface area contributed by atoms with Gasteiger partial charge in [0.1, 0.15) is 5.72 Å². The highest BCUT2D eigenvalue weighted by Crippen LogP contribution is 2.43. The third kappa shape index (κ3) is 1.76. The third-order valence-corrected chi connectivity index (χ3v) is 2.68. The van der Waals surface area contributed by atoms with Crippen molar-refractivity contribution in [1.29, 1.82) is 0 Å². The first-order valence-electron chi connectivity index (χ1n) is 4.45. The summed E-state index contributed by atoms with van der Waals surface area (Å²) in [5, 5.41) is 3.55. The van der Waals surface area contributed by atoms with E-state index in [1.807, 2.05) is 0 Å². The second kappa shape index (κ2) is 2.86. The fourth-order valence-electron chi connectivity index (χ4n) is 1.93. The Balaban J connectivity index is 0.000000720. The highest BCUT2D eigenvalue weighted by atomic mass is 35.5. The van der Waals surface area contributed by atoms with Crippen molar-refractivity contribution >= 4 is 12.4 Å². The van der Waals surface area contributed by atoms with Crippen LogP contribution in [0.15, 0.2) is 0 Å². The number of ether oxygens (including phenoxy) is 1. The molecule has 0 bridgehead atoms. The molecule has 2 nitrogen and oxygen atoms in total. The predicted molar refractivity (Wildman–Crippen MR) is 51.5 cm³/mol. The van der Waals surface area contributed by atoms with E-state index in [1.165, 1.54) is 12.8 Å². The molecule has 0 aromatic carbocycles. The van der Waals surface area contributed by atoms with Crippen LogP contribution in [0.4, 0.5) is 0 Å². The first-order chi connectivity index (χ1) is 5.02. The van der Waals surface area contributed by atoms with E-state index in [0.717, 1.165) is 12.5 Å². The second-order valence-electron chi connectivity index (χ2n) is 4.68. The van der Waals surface area contributed by atoms with E-state index in [1.54, 1.807) is 0 Å². The highest BCUT2D eigenvalue weighted by molar-refractivity contribution is 5.85. The van der Waals surface area contributed by atoms with E-state index >= 15 is 0 Å². The van der Waals surface area contributed by atoms with Gasteiger partial charge in [0.25, 0.3) is 0 Å². The molecule has 1 saturated heterocycles. The largest absolute Gasteiger partial charge is 0.359 e. The first-order valence-corrected chi connectivity index (χ1v) is 4.45. The number of rotatable bonds is 1. The van der Waals surface area contributed by atoms with Crippen LogP contribution < -0.4 is 5.32 Å². The minimum absolute atomic E-state index is 0. The summed E-state index contributed by atoms with van der Waals surface area (Å²) < 4.78 is 5.77.